The monoisotopic (exact) mass is 362 g/mol. The van der Waals surface area contributed by atoms with E-state index in [2.05, 4.69) is 36.8 Å². The summed E-state index contributed by atoms with van der Waals surface area (Å²) in [5.74, 6) is -0.0430. The molecule has 0 saturated heterocycles. The number of hydrazine groups is 1. The van der Waals surface area contributed by atoms with Gasteiger partial charge in [-0.2, -0.15) is 0 Å². The van der Waals surface area contributed by atoms with E-state index in [1.54, 1.807) is 36.0 Å². The van der Waals surface area contributed by atoms with Crippen molar-refractivity contribution in [3.05, 3.63) is 64.2 Å². The number of halogens is 1. The molecule has 126 valence electrons. The zero-order valence-electron chi connectivity index (χ0n) is 13.6. The zero-order valence-corrected chi connectivity index (χ0v) is 15.1. The number of hydrogen-bond acceptors (Lipinski definition) is 3. The first-order valence-electron chi connectivity index (χ1n) is 7.51. The lowest BCUT2D eigenvalue weighted by Gasteiger charge is -2.08. The summed E-state index contributed by atoms with van der Waals surface area (Å²) in [6, 6.07) is 12.9. The average Bonchev–Trinajstić information content (AvgIpc) is 2.56. The number of benzene rings is 2. The fraction of sp³-hybridized carbons (Fsp3) is 0.222. The fourth-order valence-corrected chi connectivity index (χ4v) is 3.14. The highest BCUT2D eigenvalue weighted by molar-refractivity contribution is 7.99. The Kier molecular flexibility index (Phi) is 6.70. The van der Waals surface area contributed by atoms with Gasteiger partial charge < -0.3 is 0 Å². The van der Waals surface area contributed by atoms with Crippen LogP contribution >= 0.6 is 23.4 Å². The molecular formula is C18H19ClN2O2S. The molecule has 0 bridgehead atoms. The van der Waals surface area contributed by atoms with Crippen molar-refractivity contribution in [1.82, 2.24) is 10.9 Å². The van der Waals surface area contributed by atoms with Gasteiger partial charge in [0.2, 0.25) is 5.91 Å². The Morgan fingerprint density at radius 2 is 1.79 bits per heavy atom. The van der Waals surface area contributed by atoms with E-state index in [9.17, 15) is 9.59 Å². The Balaban J connectivity index is 1.74. The molecule has 0 atom stereocenters. The summed E-state index contributed by atoms with van der Waals surface area (Å²) in [4.78, 5) is 24.9. The van der Waals surface area contributed by atoms with Crippen LogP contribution in [0, 0.1) is 13.8 Å². The van der Waals surface area contributed by atoms with E-state index >= 15 is 0 Å². The summed E-state index contributed by atoms with van der Waals surface area (Å²) in [7, 11) is 0. The van der Waals surface area contributed by atoms with Crippen molar-refractivity contribution in [2.45, 2.75) is 25.2 Å². The van der Waals surface area contributed by atoms with Crippen LogP contribution < -0.4 is 10.9 Å². The molecule has 4 nitrogen and oxygen atoms in total. The summed E-state index contributed by atoms with van der Waals surface area (Å²) in [6.07, 6.45) is 0.306. The minimum absolute atomic E-state index is 0.244. The van der Waals surface area contributed by atoms with Gasteiger partial charge in [-0.05, 0) is 49.2 Å². The number of carbonyl (C=O) groups excluding carboxylic acids is 2. The smallest absolute Gasteiger partial charge is 0.271 e. The molecule has 0 saturated carbocycles. The van der Waals surface area contributed by atoms with Gasteiger partial charge in [0, 0.05) is 17.1 Å². The van der Waals surface area contributed by atoms with Crippen molar-refractivity contribution in [3.63, 3.8) is 0 Å². The number of thioether (sulfide) groups is 1. The number of aryl methyl sites for hydroxylation is 2. The molecular weight excluding hydrogens is 344 g/mol. The van der Waals surface area contributed by atoms with Gasteiger partial charge in [-0.3, -0.25) is 20.4 Å². The maximum Gasteiger partial charge on any atom is 0.271 e. The first-order valence-corrected chi connectivity index (χ1v) is 8.87. The predicted molar refractivity (Wildman–Crippen MR) is 98.3 cm³/mol. The fourth-order valence-electron chi connectivity index (χ4n) is 1.97. The summed E-state index contributed by atoms with van der Waals surface area (Å²) >= 11 is 7.54. The van der Waals surface area contributed by atoms with Gasteiger partial charge in [0.05, 0.1) is 10.6 Å². The van der Waals surface area contributed by atoms with Crippen LogP contribution in [0.1, 0.15) is 27.9 Å². The molecule has 2 amide bonds. The van der Waals surface area contributed by atoms with Crippen LogP contribution in [-0.4, -0.2) is 17.6 Å². The summed E-state index contributed by atoms with van der Waals surface area (Å²) in [5.41, 5.74) is 7.58. The summed E-state index contributed by atoms with van der Waals surface area (Å²) < 4.78 is 0. The molecule has 0 aromatic heterocycles. The average molecular weight is 363 g/mol. The van der Waals surface area contributed by atoms with Crippen LogP contribution in [0.3, 0.4) is 0 Å². The third-order valence-electron chi connectivity index (χ3n) is 3.51. The Morgan fingerprint density at radius 1 is 1.04 bits per heavy atom. The number of nitrogens with one attached hydrogen (secondary N) is 2. The number of amides is 2. The van der Waals surface area contributed by atoms with Crippen LogP contribution in [-0.2, 0) is 4.79 Å². The summed E-state index contributed by atoms with van der Waals surface area (Å²) in [5, 5.41) is 0.342. The van der Waals surface area contributed by atoms with Gasteiger partial charge in [0.1, 0.15) is 0 Å². The van der Waals surface area contributed by atoms with E-state index < -0.39 is 5.91 Å². The molecule has 2 N–H and O–H groups in total. The van der Waals surface area contributed by atoms with Crippen molar-refractivity contribution >= 4 is 35.2 Å². The van der Waals surface area contributed by atoms with E-state index in [1.807, 2.05) is 6.07 Å². The van der Waals surface area contributed by atoms with E-state index in [4.69, 9.17) is 11.6 Å². The van der Waals surface area contributed by atoms with Crippen molar-refractivity contribution < 1.29 is 9.59 Å². The Labute approximate surface area is 150 Å². The Bertz CT molecular complexity index is 750. The largest absolute Gasteiger partial charge is 0.273 e. The van der Waals surface area contributed by atoms with Gasteiger partial charge >= 0.3 is 0 Å². The molecule has 0 aliphatic heterocycles. The van der Waals surface area contributed by atoms with E-state index in [0.717, 1.165) is 4.90 Å². The molecule has 0 fully saturated rings. The number of rotatable bonds is 5. The molecule has 0 heterocycles. The van der Waals surface area contributed by atoms with Gasteiger partial charge in [0.15, 0.2) is 0 Å². The molecule has 0 aliphatic rings. The normalized spacial score (nSPS) is 10.3. The summed E-state index contributed by atoms with van der Waals surface area (Å²) in [6.45, 7) is 4.13. The maximum absolute atomic E-state index is 11.9. The molecule has 0 spiro atoms. The van der Waals surface area contributed by atoms with Gasteiger partial charge in [0.25, 0.3) is 5.91 Å². The van der Waals surface area contributed by atoms with Crippen molar-refractivity contribution in [1.29, 1.82) is 0 Å². The highest BCUT2D eigenvalue weighted by atomic mass is 35.5. The van der Waals surface area contributed by atoms with Crippen LogP contribution in [0.4, 0.5) is 0 Å². The predicted octanol–water partition coefficient (Wildman–Crippen LogP) is 3.90. The van der Waals surface area contributed by atoms with Crippen LogP contribution in [0.2, 0.25) is 5.02 Å². The highest BCUT2D eigenvalue weighted by Crippen LogP contribution is 2.21. The van der Waals surface area contributed by atoms with Gasteiger partial charge in [-0.25, -0.2) is 0 Å². The Hall–Kier alpha value is -1.98. The standard InChI is InChI=1S/C18H19ClN2O2S/c1-12-7-8-14(11-13(12)2)24-10-9-17(22)20-21-18(23)15-5-3-4-6-16(15)19/h3-8,11H,9-10H2,1-2H3,(H,20,22)(H,21,23). The van der Waals surface area contributed by atoms with E-state index in [0.29, 0.717) is 22.8 Å². The first-order chi connectivity index (χ1) is 11.5. The van der Waals surface area contributed by atoms with Gasteiger partial charge in [-0.1, -0.05) is 29.8 Å². The minimum atomic E-state index is -0.434. The van der Waals surface area contributed by atoms with Crippen molar-refractivity contribution in [3.8, 4) is 0 Å². The molecule has 2 aromatic rings. The second-order valence-corrected chi connectivity index (χ2v) is 6.90. The zero-order chi connectivity index (χ0) is 17.5. The lowest BCUT2D eigenvalue weighted by Crippen LogP contribution is -2.41. The molecule has 0 aliphatic carbocycles. The van der Waals surface area contributed by atoms with Crippen molar-refractivity contribution in [2.75, 3.05) is 5.75 Å². The SMILES string of the molecule is Cc1ccc(SCCC(=O)NNC(=O)c2ccccc2Cl)cc1C. The molecule has 2 aromatic carbocycles. The van der Waals surface area contributed by atoms with Crippen LogP contribution in [0.25, 0.3) is 0 Å². The second kappa shape index (κ2) is 8.76. The molecule has 0 unspecified atom stereocenters. The van der Waals surface area contributed by atoms with E-state index in [1.165, 1.54) is 11.1 Å². The van der Waals surface area contributed by atoms with Crippen molar-refractivity contribution in [2.24, 2.45) is 0 Å². The second-order valence-electron chi connectivity index (χ2n) is 5.33. The lowest BCUT2D eigenvalue weighted by atomic mass is 10.1. The number of hydrogen-bond donors (Lipinski definition) is 2. The van der Waals surface area contributed by atoms with E-state index in [-0.39, 0.29) is 5.91 Å². The highest BCUT2D eigenvalue weighted by Gasteiger charge is 2.10. The Morgan fingerprint density at radius 3 is 2.50 bits per heavy atom. The lowest BCUT2D eigenvalue weighted by molar-refractivity contribution is -0.121. The third-order valence-corrected chi connectivity index (χ3v) is 4.84. The van der Waals surface area contributed by atoms with Gasteiger partial charge in [-0.15, -0.1) is 11.8 Å². The quantitative estimate of drug-likeness (QED) is 0.626. The number of carbonyl (C=O) groups is 2. The van der Waals surface area contributed by atoms with Crippen LogP contribution in [0.15, 0.2) is 47.4 Å². The molecule has 0 radical (unpaired) electrons. The minimum Gasteiger partial charge on any atom is -0.273 e. The van der Waals surface area contributed by atoms with Crippen LogP contribution in [0.5, 0.6) is 0 Å². The maximum atomic E-state index is 11.9. The molecule has 6 heteroatoms. The first kappa shape index (κ1) is 18.4. The molecule has 2 rings (SSSR count). The third kappa shape index (κ3) is 5.28. The molecule has 24 heavy (non-hydrogen) atoms. The topological polar surface area (TPSA) is 58.2 Å².